The van der Waals surface area contributed by atoms with Crippen molar-refractivity contribution in [3.8, 4) is 0 Å². The molecule has 2 amide bonds. The molecule has 2 rings (SSSR count). The standard InChI is InChI=1S/C14H19ClN2O3/c1-9-3-4-11(5-13(9)15)16-14(19)17-6-10(2)20-12(7-17)8-18/h3-5,10,12,18H,6-8H2,1-2H3,(H,16,19). The van der Waals surface area contributed by atoms with E-state index in [1.165, 1.54) is 0 Å². The van der Waals surface area contributed by atoms with Crippen LogP contribution in [0.4, 0.5) is 10.5 Å². The fraction of sp³-hybridized carbons (Fsp3) is 0.500. The van der Waals surface area contributed by atoms with Crippen molar-refractivity contribution in [2.24, 2.45) is 0 Å². The third-order valence-electron chi connectivity index (χ3n) is 3.24. The molecule has 5 nitrogen and oxygen atoms in total. The van der Waals surface area contributed by atoms with Crippen molar-refractivity contribution in [2.45, 2.75) is 26.1 Å². The Kier molecular flexibility index (Phi) is 4.86. The van der Waals surface area contributed by atoms with Gasteiger partial charge in [-0.1, -0.05) is 17.7 Å². The van der Waals surface area contributed by atoms with Gasteiger partial charge in [0.1, 0.15) is 0 Å². The molecule has 2 unspecified atom stereocenters. The van der Waals surface area contributed by atoms with Crippen LogP contribution in [0.1, 0.15) is 12.5 Å². The molecule has 2 atom stereocenters. The molecule has 1 aliphatic heterocycles. The Morgan fingerprint density at radius 2 is 2.30 bits per heavy atom. The summed E-state index contributed by atoms with van der Waals surface area (Å²) >= 11 is 6.03. The number of nitrogens with zero attached hydrogens (tertiary/aromatic N) is 1. The molecule has 1 fully saturated rings. The average molecular weight is 299 g/mol. The fourth-order valence-corrected chi connectivity index (χ4v) is 2.37. The van der Waals surface area contributed by atoms with Crippen LogP contribution in [0.3, 0.4) is 0 Å². The van der Waals surface area contributed by atoms with Gasteiger partial charge in [0, 0.05) is 17.3 Å². The lowest BCUT2D eigenvalue weighted by Gasteiger charge is -2.36. The highest BCUT2D eigenvalue weighted by molar-refractivity contribution is 6.31. The topological polar surface area (TPSA) is 61.8 Å². The number of hydrogen-bond acceptors (Lipinski definition) is 3. The Balaban J connectivity index is 2.01. The molecule has 0 aromatic heterocycles. The Bertz CT molecular complexity index is 495. The minimum atomic E-state index is -0.328. The van der Waals surface area contributed by atoms with E-state index in [9.17, 15) is 4.79 Å². The zero-order valence-corrected chi connectivity index (χ0v) is 12.4. The third kappa shape index (κ3) is 3.62. The second-order valence-corrected chi connectivity index (χ2v) is 5.46. The van der Waals surface area contributed by atoms with Gasteiger partial charge in [-0.05, 0) is 31.5 Å². The number of urea groups is 1. The summed E-state index contributed by atoms with van der Waals surface area (Å²) in [5, 5.41) is 12.6. The summed E-state index contributed by atoms with van der Waals surface area (Å²) in [4.78, 5) is 13.8. The zero-order valence-electron chi connectivity index (χ0n) is 11.6. The van der Waals surface area contributed by atoms with Crippen LogP contribution in [-0.4, -0.2) is 47.9 Å². The van der Waals surface area contributed by atoms with Gasteiger partial charge in [-0.15, -0.1) is 0 Å². The van der Waals surface area contributed by atoms with Crippen LogP contribution in [0.2, 0.25) is 5.02 Å². The molecular weight excluding hydrogens is 280 g/mol. The van der Waals surface area contributed by atoms with E-state index in [2.05, 4.69) is 5.32 Å². The van der Waals surface area contributed by atoms with E-state index < -0.39 is 0 Å². The van der Waals surface area contributed by atoms with Gasteiger partial charge < -0.3 is 20.1 Å². The predicted octanol–water partition coefficient (Wildman–Crippen LogP) is 2.26. The number of aryl methyl sites for hydroxylation is 1. The van der Waals surface area contributed by atoms with Crippen LogP contribution in [0.15, 0.2) is 18.2 Å². The van der Waals surface area contributed by atoms with Crippen molar-refractivity contribution >= 4 is 23.3 Å². The number of anilines is 1. The smallest absolute Gasteiger partial charge is 0.322 e. The highest BCUT2D eigenvalue weighted by atomic mass is 35.5. The van der Waals surface area contributed by atoms with E-state index in [0.29, 0.717) is 23.8 Å². The quantitative estimate of drug-likeness (QED) is 0.880. The molecule has 1 aliphatic rings. The predicted molar refractivity (Wildman–Crippen MR) is 78.2 cm³/mol. The van der Waals surface area contributed by atoms with Gasteiger partial charge >= 0.3 is 6.03 Å². The molecule has 0 saturated carbocycles. The molecule has 0 aliphatic carbocycles. The molecule has 1 aromatic carbocycles. The molecule has 0 spiro atoms. The molecule has 2 N–H and O–H groups in total. The number of benzene rings is 1. The number of rotatable bonds is 2. The van der Waals surface area contributed by atoms with Gasteiger partial charge in [0.2, 0.25) is 0 Å². The fourth-order valence-electron chi connectivity index (χ4n) is 2.19. The molecule has 1 aromatic rings. The van der Waals surface area contributed by atoms with Crippen LogP contribution in [0, 0.1) is 6.92 Å². The maximum atomic E-state index is 12.2. The number of carbonyl (C=O) groups is 1. The second-order valence-electron chi connectivity index (χ2n) is 5.05. The lowest BCUT2D eigenvalue weighted by atomic mass is 10.2. The highest BCUT2D eigenvalue weighted by Crippen LogP contribution is 2.21. The molecule has 110 valence electrons. The van der Waals surface area contributed by atoms with Crippen LogP contribution in [0.25, 0.3) is 0 Å². The van der Waals surface area contributed by atoms with Gasteiger partial charge in [-0.25, -0.2) is 4.79 Å². The molecule has 1 saturated heterocycles. The molecule has 1 heterocycles. The van der Waals surface area contributed by atoms with E-state index in [4.69, 9.17) is 21.4 Å². The summed E-state index contributed by atoms with van der Waals surface area (Å²) in [6.45, 7) is 4.58. The number of carbonyl (C=O) groups excluding carboxylic acids is 1. The third-order valence-corrected chi connectivity index (χ3v) is 3.65. The van der Waals surface area contributed by atoms with E-state index in [1.807, 2.05) is 26.0 Å². The first-order valence-electron chi connectivity index (χ1n) is 6.58. The maximum Gasteiger partial charge on any atom is 0.322 e. The average Bonchev–Trinajstić information content (AvgIpc) is 2.42. The number of hydrogen-bond donors (Lipinski definition) is 2. The molecule has 20 heavy (non-hydrogen) atoms. The number of ether oxygens (including phenoxy) is 1. The van der Waals surface area contributed by atoms with E-state index >= 15 is 0 Å². The summed E-state index contributed by atoms with van der Waals surface area (Å²) in [6.07, 6.45) is -0.417. The van der Waals surface area contributed by atoms with Gasteiger partial charge in [-0.2, -0.15) is 0 Å². The molecule has 0 radical (unpaired) electrons. The summed E-state index contributed by atoms with van der Waals surface area (Å²) in [5.41, 5.74) is 1.62. The highest BCUT2D eigenvalue weighted by Gasteiger charge is 2.27. The first-order valence-corrected chi connectivity index (χ1v) is 6.95. The number of nitrogens with one attached hydrogen (secondary N) is 1. The van der Waals surface area contributed by atoms with Gasteiger partial charge in [0.25, 0.3) is 0 Å². The van der Waals surface area contributed by atoms with E-state index in [1.54, 1.807) is 11.0 Å². The Hall–Kier alpha value is -1.30. The van der Waals surface area contributed by atoms with Crippen LogP contribution >= 0.6 is 11.6 Å². The Morgan fingerprint density at radius 3 is 2.95 bits per heavy atom. The first-order chi connectivity index (χ1) is 9.49. The van der Waals surface area contributed by atoms with Gasteiger partial charge in [-0.3, -0.25) is 0 Å². The van der Waals surface area contributed by atoms with Crippen molar-refractivity contribution in [2.75, 3.05) is 25.0 Å². The van der Waals surface area contributed by atoms with Crippen molar-refractivity contribution in [3.63, 3.8) is 0 Å². The summed E-state index contributed by atoms with van der Waals surface area (Å²) in [7, 11) is 0. The van der Waals surface area contributed by atoms with Crippen LogP contribution in [-0.2, 0) is 4.74 Å². The summed E-state index contributed by atoms with van der Waals surface area (Å²) < 4.78 is 5.51. The minimum Gasteiger partial charge on any atom is -0.394 e. The molecule has 6 heteroatoms. The van der Waals surface area contributed by atoms with Crippen molar-refractivity contribution in [1.82, 2.24) is 4.90 Å². The maximum absolute atomic E-state index is 12.2. The monoisotopic (exact) mass is 298 g/mol. The van der Waals surface area contributed by atoms with Crippen molar-refractivity contribution in [3.05, 3.63) is 28.8 Å². The second kappa shape index (κ2) is 6.43. The number of morpholine rings is 1. The van der Waals surface area contributed by atoms with E-state index in [0.717, 1.165) is 5.56 Å². The SMILES string of the molecule is Cc1ccc(NC(=O)N2CC(C)OC(CO)C2)cc1Cl. The van der Waals surface area contributed by atoms with Crippen LogP contribution < -0.4 is 5.32 Å². The summed E-state index contributed by atoms with van der Waals surface area (Å²) in [6, 6.07) is 5.18. The number of aliphatic hydroxyl groups excluding tert-OH is 1. The van der Waals surface area contributed by atoms with Crippen molar-refractivity contribution in [1.29, 1.82) is 0 Å². The molecular formula is C14H19ClN2O3. The normalized spacial score (nSPS) is 22.7. The van der Waals surface area contributed by atoms with E-state index in [-0.39, 0.29) is 24.8 Å². The lowest BCUT2D eigenvalue weighted by Crippen LogP contribution is -2.51. The first kappa shape index (κ1) is 15.1. The number of halogens is 1. The number of aliphatic hydroxyl groups is 1. The van der Waals surface area contributed by atoms with Crippen molar-refractivity contribution < 1.29 is 14.6 Å². The largest absolute Gasteiger partial charge is 0.394 e. The van der Waals surface area contributed by atoms with Gasteiger partial charge in [0.15, 0.2) is 0 Å². The Labute approximate surface area is 123 Å². The lowest BCUT2D eigenvalue weighted by molar-refractivity contribution is -0.0822. The zero-order chi connectivity index (χ0) is 14.7. The summed E-state index contributed by atoms with van der Waals surface area (Å²) in [5.74, 6) is 0. The van der Waals surface area contributed by atoms with Gasteiger partial charge in [0.05, 0.1) is 25.4 Å². The molecule has 0 bridgehead atoms. The number of amides is 2. The van der Waals surface area contributed by atoms with Crippen LogP contribution in [0.5, 0.6) is 0 Å². The minimum absolute atomic E-state index is 0.0896. The Morgan fingerprint density at radius 1 is 1.55 bits per heavy atom.